The van der Waals surface area contributed by atoms with Gasteiger partial charge in [0.1, 0.15) is 22.7 Å². The van der Waals surface area contributed by atoms with Crippen molar-refractivity contribution in [2.75, 3.05) is 11.9 Å². The number of ketones is 1. The summed E-state index contributed by atoms with van der Waals surface area (Å²) in [5, 5.41) is 11.9. The van der Waals surface area contributed by atoms with Crippen molar-refractivity contribution in [3.05, 3.63) is 60.0 Å². The van der Waals surface area contributed by atoms with Gasteiger partial charge in [0.05, 0.1) is 5.69 Å². The van der Waals surface area contributed by atoms with E-state index in [9.17, 15) is 9.59 Å². The molecule has 0 radical (unpaired) electrons. The van der Waals surface area contributed by atoms with Gasteiger partial charge in [-0.25, -0.2) is 4.98 Å². The first kappa shape index (κ1) is 19.6. The van der Waals surface area contributed by atoms with Gasteiger partial charge in [-0.3, -0.25) is 9.59 Å². The lowest BCUT2D eigenvalue weighted by molar-refractivity contribution is 0.0765. The van der Waals surface area contributed by atoms with Gasteiger partial charge < -0.3 is 19.6 Å². The highest BCUT2D eigenvalue weighted by Gasteiger charge is 2.19. The number of rotatable bonds is 7. The largest absolute Gasteiger partial charge is 0.488 e. The fraction of sp³-hybridized carbons (Fsp3) is 0.286. The predicted octanol–water partition coefficient (Wildman–Crippen LogP) is 3.33. The molecule has 0 unspecified atom stereocenters. The molecular weight excluding hydrogens is 358 g/mol. The molecule has 28 heavy (non-hydrogen) atoms. The molecule has 7 heteroatoms. The van der Waals surface area contributed by atoms with Crippen LogP contribution in [0.25, 0.3) is 5.65 Å². The SMILES string of the molecule is CC(=O)c1cn2cc(NC(=O)c3ccc(OC(C)(C)CCO)cc3)ccc2n1. The van der Waals surface area contributed by atoms with E-state index in [2.05, 4.69) is 10.3 Å². The highest BCUT2D eigenvalue weighted by atomic mass is 16.5. The highest BCUT2D eigenvalue weighted by molar-refractivity contribution is 6.04. The number of amides is 1. The molecule has 2 N–H and O–H groups in total. The summed E-state index contributed by atoms with van der Waals surface area (Å²) >= 11 is 0. The number of anilines is 1. The summed E-state index contributed by atoms with van der Waals surface area (Å²) in [7, 11) is 0. The first-order chi connectivity index (χ1) is 13.3. The molecule has 1 amide bonds. The lowest BCUT2D eigenvalue weighted by Crippen LogP contribution is -2.29. The second-order valence-electron chi connectivity index (χ2n) is 7.18. The fourth-order valence-electron chi connectivity index (χ4n) is 2.75. The Balaban J connectivity index is 1.70. The van der Waals surface area contributed by atoms with E-state index >= 15 is 0 Å². The molecule has 3 rings (SSSR count). The minimum Gasteiger partial charge on any atom is -0.488 e. The van der Waals surface area contributed by atoms with E-state index in [4.69, 9.17) is 9.84 Å². The van der Waals surface area contributed by atoms with E-state index in [1.54, 1.807) is 53.2 Å². The fourth-order valence-corrected chi connectivity index (χ4v) is 2.75. The predicted molar refractivity (Wildman–Crippen MR) is 106 cm³/mol. The Kier molecular flexibility index (Phi) is 5.46. The van der Waals surface area contributed by atoms with Crippen molar-refractivity contribution in [1.29, 1.82) is 0 Å². The summed E-state index contributed by atoms with van der Waals surface area (Å²) < 4.78 is 7.54. The summed E-state index contributed by atoms with van der Waals surface area (Å²) in [6.07, 6.45) is 3.85. The highest BCUT2D eigenvalue weighted by Crippen LogP contribution is 2.22. The molecule has 0 fully saturated rings. The van der Waals surface area contributed by atoms with Gasteiger partial charge in [0.15, 0.2) is 5.78 Å². The summed E-state index contributed by atoms with van der Waals surface area (Å²) in [5.41, 5.74) is 1.60. The zero-order chi connectivity index (χ0) is 20.3. The molecular formula is C21H23N3O4. The zero-order valence-corrected chi connectivity index (χ0v) is 16.1. The van der Waals surface area contributed by atoms with Crippen molar-refractivity contribution in [3.8, 4) is 5.75 Å². The Morgan fingerprint density at radius 2 is 1.86 bits per heavy atom. The van der Waals surface area contributed by atoms with Crippen LogP contribution in [0, 0.1) is 0 Å². The standard InChI is InChI=1S/C21H23N3O4/c1-14(26)18-13-24-12-16(6-9-19(24)23-18)22-20(27)15-4-7-17(8-5-15)28-21(2,3)10-11-25/h4-9,12-13,25H,10-11H2,1-3H3,(H,22,27). The molecule has 3 aromatic rings. The normalized spacial score (nSPS) is 11.4. The number of carbonyl (C=O) groups is 2. The molecule has 2 heterocycles. The van der Waals surface area contributed by atoms with Crippen LogP contribution in [-0.2, 0) is 0 Å². The summed E-state index contributed by atoms with van der Waals surface area (Å²) in [6, 6.07) is 10.3. The first-order valence-electron chi connectivity index (χ1n) is 8.98. The van der Waals surface area contributed by atoms with Gasteiger partial charge in [-0.05, 0) is 50.2 Å². The number of hydrogen-bond donors (Lipinski definition) is 2. The molecule has 1 aromatic carbocycles. The molecule has 0 aliphatic rings. The summed E-state index contributed by atoms with van der Waals surface area (Å²) in [5.74, 6) is 0.262. The quantitative estimate of drug-likeness (QED) is 0.613. The number of aliphatic hydroxyl groups excluding tert-OH is 1. The van der Waals surface area contributed by atoms with Gasteiger partial charge in [-0.1, -0.05) is 0 Å². The molecule has 0 atom stereocenters. The van der Waals surface area contributed by atoms with Gasteiger partial charge in [-0.15, -0.1) is 0 Å². The Bertz CT molecular complexity index is 1010. The van der Waals surface area contributed by atoms with E-state index in [1.165, 1.54) is 6.92 Å². The minimum atomic E-state index is -0.489. The summed E-state index contributed by atoms with van der Waals surface area (Å²) in [6.45, 7) is 5.30. The van der Waals surface area contributed by atoms with Gasteiger partial charge in [-0.2, -0.15) is 0 Å². The van der Waals surface area contributed by atoms with Crippen LogP contribution in [0.2, 0.25) is 0 Å². The van der Waals surface area contributed by atoms with E-state index in [-0.39, 0.29) is 18.3 Å². The van der Waals surface area contributed by atoms with Crippen LogP contribution in [0.4, 0.5) is 5.69 Å². The number of nitrogens with one attached hydrogen (secondary N) is 1. The van der Waals surface area contributed by atoms with Gasteiger partial charge in [0, 0.05) is 37.9 Å². The van der Waals surface area contributed by atoms with Gasteiger partial charge >= 0.3 is 0 Å². The van der Waals surface area contributed by atoms with Crippen LogP contribution in [-0.4, -0.2) is 38.4 Å². The lowest BCUT2D eigenvalue weighted by Gasteiger charge is -2.25. The Hall–Kier alpha value is -3.19. The number of imidazole rings is 1. The van der Waals surface area contributed by atoms with Gasteiger partial charge in [0.2, 0.25) is 0 Å². The molecule has 0 saturated heterocycles. The van der Waals surface area contributed by atoms with Crippen LogP contribution in [0.3, 0.4) is 0 Å². The average molecular weight is 381 g/mol. The number of pyridine rings is 1. The van der Waals surface area contributed by atoms with Crippen LogP contribution < -0.4 is 10.1 Å². The smallest absolute Gasteiger partial charge is 0.255 e. The van der Waals surface area contributed by atoms with Crippen molar-refractivity contribution in [1.82, 2.24) is 9.38 Å². The number of fused-ring (bicyclic) bond motifs is 1. The number of benzene rings is 1. The van der Waals surface area contributed by atoms with Gasteiger partial charge in [0.25, 0.3) is 5.91 Å². The second-order valence-corrected chi connectivity index (χ2v) is 7.18. The maximum Gasteiger partial charge on any atom is 0.255 e. The zero-order valence-electron chi connectivity index (χ0n) is 16.1. The van der Waals surface area contributed by atoms with Crippen molar-refractivity contribution in [2.45, 2.75) is 32.8 Å². The van der Waals surface area contributed by atoms with E-state index < -0.39 is 5.60 Å². The van der Waals surface area contributed by atoms with Crippen molar-refractivity contribution in [2.24, 2.45) is 0 Å². The number of hydrogen-bond acceptors (Lipinski definition) is 5. The number of ether oxygens (including phenoxy) is 1. The third-order valence-electron chi connectivity index (χ3n) is 4.29. The van der Waals surface area contributed by atoms with Crippen LogP contribution in [0.5, 0.6) is 5.75 Å². The molecule has 0 spiro atoms. The molecule has 7 nitrogen and oxygen atoms in total. The van der Waals surface area contributed by atoms with E-state index in [1.807, 2.05) is 13.8 Å². The van der Waals surface area contributed by atoms with Crippen molar-refractivity contribution in [3.63, 3.8) is 0 Å². The second kappa shape index (κ2) is 7.82. The molecule has 0 saturated carbocycles. The number of nitrogens with zero attached hydrogens (tertiary/aromatic N) is 2. The molecule has 146 valence electrons. The third kappa shape index (κ3) is 4.55. The third-order valence-corrected chi connectivity index (χ3v) is 4.29. The maximum atomic E-state index is 12.5. The number of carbonyl (C=O) groups excluding carboxylic acids is 2. The van der Waals surface area contributed by atoms with Crippen molar-refractivity contribution >= 4 is 23.0 Å². The first-order valence-corrected chi connectivity index (χ1v) is 8.98. The average Bonchev–Trinajstić information content (AvgIpc) is 3.05. The molecule has 0 aliphatic heterocycles. The molecule has 2 aromatic heterocycles. The number of Topliss-reactive ketones (excluding diaryl/α,β-unsaturated/α-hetero) is 1. The minimum absolute atomic E-state index is 0.0443. The van der Waals surface area contributed by atoms with Crippen LogP contribution in [0.15, 0.2) is 48.8 Å². The summed E-state index contributed by atoms with van der Waals surface area (Å²) in [4.78, 5) is 28.2. The van der Waals surface area contributed by atoms with Crippen LogP contribution in [0.1, 0.15) is 48.0 Å². The Morgan fingerprint density at radius 1 is 1.14 bits per heavy atom. The molecule has 0 bridgehead atoms. The van der Waals surface area contributed by atoms with Crippen LogP contribution >= 0.6 is 0 Å². The maximum absolute atomic E-state index is 12.5. The van der Waals surface area contributed by atoms with E-state index in [0.29, 0.717) is 34.8 Å². The Morgan fingerprint density at radius 3 is 2.50 bits per heavy atom. The van der Waals surface area contributed by atoms with E-state index in [0.717, 1.165) is 0 Å². The molecule has 0 aliphatic carbocycles. The number of aliphatic hydroxyl groups is 1. The monoisotopic (exact) mass is 381 g/mol. The Labute approximate surface area is 163 Å². The lowest BCUT2D eigenvalue weighted by atomic mass is 10.1. The van der Waals surface area contributed by atoms with Crippen molar-refractivity contribution < 1.29 is 19.4 Å². The number of aromatic nitrogens is 2. The topological polar surface area (TPSA) is 92.9 Å².